The lowest BCUT2D eigenvalue weighted by Gasteiger charge is -2.03. The van der Waals surface area contributed by atoms with Crippen LogP contribution < -0.4 is 0 Å². The molecule has 3 nitrogen and oxygen atoms in total. The molecule has 0 saturated carbocycles. The van der Waals surface area contributed by atoms with Crippen molar-refractivity contribution in [2.45, 2.75) is 6.92 Å². The van der Waals surface area contributed by atoms with Crippen molar-refractivity contribution in [2.24, 2.45) is 0 Å². The molecule has 0 aliphatic rings. The Balaban J connectivity index is 2.51. The summed E-state index contributed by atoms with van der Waals surface area (Å²) in [4.78, 5) is 10.9. The van der Waals surface area contributed by atoms with Crippen molar-refractivity contribution in [3.05, 3.63) is 53.8 Å². The predicted molar refractivity (Wildman–Crippen MR) is 69.3 cm³/mol. The molecule has 0 saturated heterocycles. The molecular weight excluding hydrogens is 226 g/mol. The number of benzene rings is 2. The Morgan fingerprint density at radius 3 is 2.67 bits per heavy atom. The maximum Gasteiger partial charge on any atom is 0.308 e. The fraction of sp³-hybridized carbons (Fsp3) is 0.0667. The number of rotatable bonds is 2. The van der Waals surface area contributed by atoms with Gasteiger partial charge in [-0.25, -0.2) is 0 Å². The summed E-state index contributed by atoms with van der Waals surface area (Å²) in [6.45, 7) is 1.27. The summed E-state index contributed by atoms with van der Waals surface area (Å²) in [5, 5.41) is 11.0. The zero-order valence-corrected chi connectivity index (χ0v) is 9.88. The van der Waals surface area contributed by atoms with Gasteiger partial charge in [0.15, 0.2) is 0 Å². The molecule has 2 rings (SSSR count). The highest BCUT2D eigenvalue weighted by molar-refractivity contribution is 5.91. The van der Waals surface area contributed by atoms with E-state index in [-0.39, 0.29) is 5.76 Å². The van der Waals surface area contributed by atoms with E-state index in [1.807, 2.05) is 48.5 Å². The van der Waals surface area contributed by atoms with Crippen LogP contribution in [0.1, 0.15) is 12.5 Å². The molecule has 0 N–H and O–H groups in total. The number of carbonyl (C=O) groups excluding carboxylic acids is 1. The van der Waals surface area contributed by atoms with Crippen LogP contribution in [0.3, 0.4) is 0 Å². The summed E-state index contributed by atoms with van der Waals surface area (Å²) < 4.78 is 4.81. The predicted octanol–water partition coefficient (Wildman–Crippen LogP) is 3.27. The molecule has 18 heavy (non-hydrogen) atoms. The standard InChI is InChI=1S/C15H11NO2/c1-11(17)18-14(10-16)9-13-7-4-6-12-5-2-3-8-15(12)13/h2-9H,1H3. The van der Waals surface area contributed by atoms with Gasteiger partial charge in [0.25, 0.3) is 0 Å². The highest BCUT2D eigenvalue weighted by atomic mass is 16.5. The van der Waals surface area contributed by atoms with Gasteiger partial charge in [0, 0.05) is 6.92 Å². The topological polar surface area (TPSA) is 50.1 Å². The van der Waals surface area contributed by atoms with Gasteiger partial charge in [-0.2, -0.15) is 5.26 Å². The van der Waals surface area contributed by atoms with E-state index in [0.29, 0.717) is 0 Å². The Kier molecular flexibility index (Phi) is 3.40. The third-order valence-corrected chi connectivity index (χ3v) is 2.47. The maximum atomic E-state index is 10.9. The normalized spacial score (nSPS) is 11.0. The molecule has 0 atom stereocenters. The van der Waals surface area contributed by atoms with E-state index in [1.165, 1.54) is 6.92 Å². The second kappa shape index (κ2) is 5.15. The van der Waals surface area contributed by atoms with Gasteiger partial charge < -0.3 is 4.74 Å². The Morgan fingerprint density at radius 1 is 1.22 bits per heavy atom. The zero-order valence-electron chi connectivity index (χ0n) is 9.88. The van der Waals surface area contributed by atoms with Crippen LogP contribution in [0.5, 0.6) is 0 Å². The van der Waals surface area contributed by atoms with Gasteiger partial charge in [0.1, 0.15) is 6.07 Å². The fourth-order valence-corrected chi connectivity index (χ4v) is 1.76. The van der Waals surface area contributed by atoms with Crippen LogP contribution in [0.15, 0.2) is 48.2 Å². The lowest BCUT2D eigenvalue weighted by molar-refractivity contribution is -0.136. The first-order chi connectivity index (χ1) is 8.70. The molecule has 0 aliphatic carbocycles. The van der Waals surface area contributed by atoms with Gasteiger partial charge in [0.05, 0.1) is 0 Å². The Morgan fingerprint density at radius 2 is 1.94 bits per heavy atom. The molecule has 2 aromatic carbocycles. The summed E-state index contributed by atoms with van der Waals surface area (Å²) >= 11 is 0. The van der Waals surface area contributed by atoms with E-state index >= 15 is 0 Å². The number of carbonyl (C=O) groups is 1. The molecule has 88 valence electrons. The Bertz CT molecular complexity index is 660. The van der Waals surface area contributed by atoms with Gasteiger partial charge >= 0.3 is 5.97 Å². The number of hydrogen-bond acceptors (Lipinski definition) is 3. The van der Waals surface area contributed by atoms with Crippen LogP contribution in [-0.4, -0.2) is 5.97 Å². The molecule has 0 aromatic heterocycles. The summed E-state index contributed by atoms with van der Waals surface area (Å²) in [6.07, 6.45) is 1.57. The number of allylic oxidation sites excluding steroid dienone is 1. The van der Waals surface area contributed by atoms with E-state index in [4.69, 9.17) is 10.00 Å². The van der Waals surface area contributed by atoms with Crippen molar-refractivity contribution in [3.8, 4) is 6.07 Å². The van der Waals surface area contributed by atoms with Crippen LogP contribution in [-0.2, 0) is 9.53 Å². The second-order valence-electron chi connectivity index (χ2n) is 3.78. The summed E-state index contributed by atoms with van der Waals surface area (Å²) in [5.41, 5.74) is 0.853. The summed E-state index contributed by atoms with van der Waals surface area (Å²) in [7, 11) is 0. The van der Waals surface area contributed by atoms with Gasteiger partial charge in [-0.05, 0) is 22.4 Å². The molecule has 0 aliphatic heterocycles. The minimum Gasteiger partial charge on any atom is -0.415 e. The zero-order chi connectivity index (χ0) is 13.0. The van der Waals surface area contributed by atoms with Gasteiger partial charge in [0.2, 0.25) is 5.76 Å². The average Bonchev–Trinajstić information content (AvgIpc) is 2.38. The van der Waals surface area contributed by atoms with E-state index in [9.17, 15) is 4.79 Å². The average molecular weight is 237 g/mol. The van der Waals surface area contributed by atoms with Crippen molar-refractivity contribution in [2.75, 3.05) is 0 Å². The van der Waals surface area contributed by atoms with Crippen LogP contribution >= 0.6 is 0 Å². The lowest BCUT2D eigenvalue weighted by Crippen LogP contribution is -1.96. The van der Waals surface area contributed by atoms with Crippen molar-refractivity contribution < 1.29 is 9.53 Å². The monoisotopic (exact) mass is 237 g/mol. The largest absolute Gasteiger partial charge is 0.415 e. The molecule has 0 spiro atoms. The van der Waals surface area contributed by atoms with Gasteiger partial charge in [-0.15, -0.1) is 0 Å². The molecule has 0 fully saturated rings. The maximum absolute atomic E-state index is 10.9. The van der Waals surface area contributed by atoms with Crippen LogP contribution in [0.4, 0.5) is 0 Å². The quantitative estimate of drug-likeness (QED) is 0.457. The van der Waals surface area contributed by atoms with Gasteiger partial charge in [-0.1, -0.05) is 42.5 Å². The lowest BCUT2D eigenvalue weighted by atomic mass is 10.0. The van der Waals surface area contributed by atoms with E-state index < -0.39 is 5.97 Å². The van der Waals surface area contributed by atoms with Crippen molar-refractivity contribution in [1.82, 2.24) is 0 Å². The Labute approximate surface area is 105 Å². The van der Waals surface area contributed by atoms with Gasteiger partial charge in [-0.3, -0.25) is 4.79 Å². The first kappa shape index (κ1) is 11.9. The SMILES string of the molecule is CC(=O)OC(C#N)=Cc1cccc2ccccc12. The van der Waals surface area contributed by atoms with E-state index in [0.717, 1.165) is 16.3 Å². The van der Waals surface area contributed by atoms with Crippen molar-refractivity contribution in [3.63, 3.8) is 0 Å². The summed E-state index contributed by atoms with van der Waals surface area (Å²) in [6, 6.07) is 15.5. The van der Waals surface area contributed by atoms with Crippen LogP contribution in [0, 0.1) is 11.3 Å². The van der Waals surface area contributed by atoms with E-state index in [2.05, 4.69) is 0 Å². The first-order valence-corrected chi connectivity index (χ1v) is 5.48. The number of nitrogens with zero attached hydrogens (tertiary/aromatic N) is 1. The second-order valence-corrected chi connectivity index (χ2v) is 3.78. The molecule has 0 radical (unpaired) electrons. The molecule has 0 amide bonds. The molecular formula is C15H11NO2. The molecule has 0 heterocycles. The molecule has 2 aromatic rings. The molecule has 0 bridgehead atoms. The smallest absolute Gasteiger partial charge is 0.308 e. The molecule has 0 unspecified atom stereocenters. The third-order valence-electron chi connectivity index (χ3n) is 2.47. The number of hydrogen-bond donors (Lipinski definition) is 0. The Hall–Kier alpha value is -2.60. The number of esters is 1. The summed E-state index contributed by atoms with van der Waals surface area (Å²) in [5.74, 6) is -0.498. The minimum atomic E-state index is -0.497. The third kappa shape index (κ3) is 2.55. The minimum absolute atomic E-state index is 0.00106. The van der Waals surface area contributed by atoms with Crippen LogP contribution in [0.2, 0.25) is 0 Å². The highest BCUT2D eigenvalue weighted by Crippen LogP contribution is 2.20. The highest BCUT2D eigenvalue weighted by Gasteiger charge is 2.03. The number of fused-ring (bicyclic) bond motifs is 1. The number of ether oxygens (including phenoxy) is 1. The van der Waals surface area contributed by atoms with Crippen molar-refractivity contribution in [1.29, 1.82) is 5.26 Å². The molecule has 3 heteroatoms. The number of nitriles is 1. The van der Waals surface area contributed by atoms with Crippen molar-refractivity contribution >= 4 is 22.8 Å². The first-order valence-electron chi connectivity index (χ1n) is 5.48. The van der Waals surface area contributed by atoms with E-state index in [1.54, 1.807) is 6.08 Å². The van der Waals surface area contributed by atoms with Crippen LogP contribution in [0.25, 0.3) is 16.8 Å². The fourth-order valence-electron chi connectivity index (χ4n) is 1.76.